The second-order valence-electron chi connectivity index (χ2n) is 20.6. The summed E-state index contributed by atoms with van der Waals surface area (Å²) in [5, 5.41) is 5.99. The Balaban J connectivity index is 0.000000127. The molecule has 514 valence electrons. The van der Waals surface area contributed by atoms with E-state index in [0.717, 1.165) is 40.3 Å². The number of aromatic nitrogens is 28. The van der Waals surface area contributed by atoms with Crippen molar-refractivity contribution in [2.75, 3.05) is 46.8 Å². The third-order valence-corrected chi connectivity index (χ3v) is 13.3. The van der Waals surface area contributed by atoms with Gasteiger partial charge >= 0.3 is 11.4 Å². The lowest BCUT2D eigenvalue weighted by molar-refractivity contribution is 0.102. The van der Waals surface area contributed by atoms with Crippen molar-refractivity contribution >= 4 is 108 Å². The van der Waals surface area contributed by atoms with Crippen molar-refractivity contribution in [3.63, 3.8) is 0 Å². The molecule has 0 radical (unpaired) electrons. The van der Waals surface area contributed by atoms with Gasteiger partial charge in [-0.1, -0.05) is 78.9 Å². The number of nitrogen functional groups attached to an aromatic ring is 3. The molecular formula is C62H60N34O6. The number of H-pyrrole nitrogens is 10. The molecule has 102 heavy (non-hydrogen) atoms. The number of rotatable bonds is 9. The summed E-state index contributed by atoms with van der Waals surface area (Å²) in [5.74, 6) is 3.21. The van der Waals surface area contributed by atoms with Crippen molar-refractivity contribution in [3.8, 4) is 5.88 Å². The molecule has 14 heterocycles. The van der Waals surface area contributed by atoms with Crippen molar-refractivity contribution in [1.82, 2.24) is 140 Å². The van der Waals surface area contributed by atoms with Crippen LogP contribution in [0.1, 0.15) is 27.0 Å². The molecule has 0 atom stereocenters. The van der Waals surface area contributed by atoms with Crippen molar-refractivity contribution < 1.29 is 9.53 Å². The Hall–Kier alpha value is -15.4. The normalized spacial score (nSPS) is 10.3. The highest BCUT2D eigenvalue weighted by Gasteiger charge is 2.12. The molecule has 40 nitrogen and oxygen atoms in total. The molecule has 0 bridgehead atoms. The molecule has 17 aromatic rings. The van der Waals surface area contributed by atoms with E-state index in [1.54, 1.807) is 50.2 Å². The number of aryl methyl sites for hydroxylation is 1. The number of nitrogens with zero attached hydrogens (tertiary/aromatic N) is 19. The van der Waals surface area contributed by atoms with E-state index in [1.807, 2.05) is 73.6 Å². The summed E-state index contributed by atoms with van der Waals surface area (Å²) in [5.41, 5.74) is 25.3. The quantitative estimate of drug-likeness (QED) is 0.0977. The standard InChI is InChI=1S/C12H9N5O.C12H11N5.C12H10N4O.C7H9N5.C5H5N5O.C5H5N5.C5H6N2O2.C4H5N3O/c18-12(8-4-2-1-3-5-8)17-11-9-10(14-6-13-9)15-7-16-11;1-2-4-9(5-3-1)6-13-11-10-12(15-7-14-10)17-8-16-11;1-2-4-9(5-3-1)6-17-12-10-11(14-7-13-10)15-8-16-12;1-12(2)7-5-6(9-3-8-5)10-4-11-7;6-5-9-3-2(4(11)10-5)7-1-8-3;6-4-3-5(9-1-7-3)10-2-8-4;1-3-2-6-5(9)7-4(3)8;5-3-1-2-6-4(8)7-3/h1-7H,(H2,13,14,15,16,17,18);1-5,7-8H,6H2,(H2,13,14,15,16,17);1-5,7-8H,6H2,(H,13,14,15,16);3-4H,1-2H3,(H,8,9,10,11);1H,(H4,6,7,8,9,10,11);1-2H,(H3,6,7,8,9,10);2H,1H3,(H2,6,7,8,9);1-2H,(H3,5,6,7,8). The zero-order valence-electron chi connectivity index (χ0n) is 53.8. The zero-order valence-corrected chi connectivity index (χ0v) is 53.8. The van der Waals surface area contributed by atoms with Gasteiger partial charge in [-0.25, -0.2) is 89.3 Å². The number of anilines is 6. The minimum atomic E-state index is -0.467. The van der Waals surface area contributed by atoms with Crippen LogP contribution in [0.3, 0.4) is 0 Å². The number of aromatic amines is 10. The lowest BCUT2D eigenvalue weighted by Gasteiger charge is -2.10. The maximum absolute atomic E-state index is 12.0. The topological polar surface area (TPSA) is 590 Å². The first-order valence-electron chi connectivity index (χ1n) is 29.9. The van der Waals surface area contributed by atoms with Crippen molar-refractivity contribution in [2.45, 2.75) is 20.1 Å². The molecule has 18 N–H and O–H groups in total. The molecule has 17 rings (SSSR count). The van der Waals surface area contributed by atoms with E-state index in [0.29, 0.717) is 91.5 Å². The van der Waals surface area contributed by atoms with E-state index in [9.17, 15) is 24.0 Å². The van der Waals surface area contributed by atoms with Crippen LogP contribution in [-0.4, -0.2) is 160 Å². The molecule has 0 aliphatic carbocycles. The van der Waals surface area contributed by atoms with E-state index >= 15 is 0 Å². The van der Waals surface area contributed by atoms with Gasteiger partial charge in [-0.05, 0) is 36.2 Å². The van der Waals surface area contributed by atoms with Gasteiger partial charge in [-0.2, -0.15) is 9.97 Å². The van der Waals surface area contributed by atoms with Gasteiger partial charge in [-0.3, -0.25) is 29.3 Å². The molecule has 0 spiro atoms. The number of nitrogens with one attached hydrogen (secondary N) is 12. The summed E-state index contributed by atoms with van der Waals surface area (Å²) in [4.78, 5) is 154. The van der Waals surface area contributed by atoms with Crippen LogP contribution in [0.25, 0.3) is 67.0 Å². The first-order valence-corrected chi connectivity index (χ1v) is 29.9. The minimum Gasteiger partial charge on any atom is -0.471 e. The second kappa shape index (κ2) is 34.3. The van der Waals surface area contributed by atoms with Crippen LogP contribution in [0, 0.1) is 6.92 Å². The number of carbonyl (C=O) groups excluding carboxylic acids is 1. The maximum Gasteiger partial charge on any atom is 0.346 e. The monoisotopic (exact) mass is 1380 g/mol. The highest BCUT2D eigenvalue weighted by Crippen LogP contribution is 2.20. The number of imidazole rings is 6. The smallest absolute Gasteiger partial charge is 0.346 e. The molecule has 0 aliphatic heterocycles. The third-order valence-electron chi connectivity index (χ3n) is 13.3. The van der Waals surface area contributed by atoms with Gasteiger partial charge in [0.15, 0.2) is 62.7 Å². The van der Waals surface area contributed by atoms with E-state index in [4.69, 9.17) is 21.9 Å². The molecule has 0 unspecified atom stereocenters. The number of ether oxygens (including phenoxy) is 1. The number of benzene rings is 3. The van der Waals surface area contributed by atoms with E-state index in [1.165, 1.54) is 74.6 Å². The molecule has 1 amide bonds. The minimum absolute atomic E-state index is 0.0783. The van der Waals surface area contributed by atoms with Crippen LogP contribution in [0.15, 0.2) is 198 Å². The molecule has 40 heteroatoms. The zero-order chi connectivity index (χ0) is 71.6. The number of carbonyl (C=O) groups is 1. The van der Waals surface area contributed by atoms with E-state index in [-0.39, 0.29) is 23.0 Å². The molecule has 0 fully saturated rings. The number of nitrogens with two attached hydrogens (primary N) is 3. The molecule has 0 saturated carbocycles. The first-order chi connectivity index (χ1) is 49.6. The number of amides is 1. The van der Waals surface area contributed by atoms with E-state index < -0.39 is 11.4 Å². The Morgan fingerprint density at radius 1 is 0.471 bits per heavy atom. The third kappa shape index (κ3) is 19.2. The van der Waals surface area contributed by atoms with Gasteiger partial charge in [0, 0.05) is 44.2 Å². The average Bonchev–Trinajstić information content (AvgIpc) is 1.68. The van der Waals surface area contributed by atoms with Gasteiger partial charge in [0.2, 0.25) is 11.8 Å². The molecular weight excluding hydrogens is 1320 g/mol. The van der Waals surface area contributed by atoms with Crippen molar-refractivity contribution in [2.24, 2.45) is 0 Å². The fourth-order valence-corrected chi connectivity index (χ4v) is 8.48. The van der Waals surface area contributed by atoms with Crippen LogP contribution < -0.4 is 60.0 Å². The number of fused-ring (bicyclic) bond motifs is 6. The summed E-state index contributed by atoms with van der Waals surface area (Å²) >= 11 is 0. The predicted molar refractivity (Wildman–Crippen MR) is 377 cm³/mol. The Kier molecular flexibility index (Phi) is 23.4. The molecule has 14 aromatic heterocycles. The summed E-state index contributed by atoms with van der Waals surface area (Å²) in [7, 11) is 3.87. The Morgan fingerprint density at radius 3 is 1.55 bits per heavy atom. The van der Waals surface area contributed by atoms with Crippen molar-refractivity contribution in [3.05, 3.63) is 243 Å². The predicted octanol–water partition coefficient (Wildman–Crippen LogP) is 3.81. The lowest BCUT2D eigenvalue weighted by Crippen LogP contribution is -2.22. The van der Waals surface area contributed by atoms with Gasteiger partial charge in [0.1, 0.15) is 71.6 Å². The van der Waals surface area contributed by atoms with Crippen LogP contribution >= 0.6 is 0 Å². The van der Waals surface area contributed by atoms with E-state index in [2.05, 4.69) is 162 Å². The van der Waals surface area contributed by atoms with Gasteiger partial charge in [0.25, 0.3) is 17.0 Å². The fraction of sp³-hybridized carbons (Fsp3) is 0.0806. The van der Waals surface area contributed by atoms with Gasteiger partial charge < -0.3 is 72.4 Å². The SMILES string of the molecule is CN(C)c1ncnc2nc[nH]c12.Cc1c[nH]c(=O)[nH]c1=O.Nc1ccnc(=O)[nH]1.Nc1nc2nc[nH]c2c(=O)[nH]1.Nc1ncnc2nc[nH]c12.O=C(Nc1ncnc2nc[nH]c12)c1ccccc1.c1ccc(CNc2ncnc3nc[nH]c23)cc1.c1ccc(COc2ncnc3nc[nH]c23)cc1. The van der Waals surface area contributed by atoms with Crippen LogP contribution in [0.2, 0.25) is 0 Å². The fourth-order valence-electron chi connectivity index (χ4n) is 8.48. The largest absolute Gasteiger partial charge is 0.471 e. The first kappa shape index (κ1) is 69.4. The van der Waals surface area contributed by atoms with Crippen molar-refractivity contribution in [1.29, 1.82) is 0 Å². The summed E-state index contributed by atoms with van der Waals surface area (Å²) in [6.07, 6.45) is 19.2. The molecule has 3 aromatic carbocycles. The summed E-state index contributed by atoms with van der Waals surface area (Å²) < 4.78 is 5.64. The maximum atomic E-state index is 12.0. The van der Waals surface area contributed by atoms with Crippen LogP contribution in [0.5, 0.6) is 5.88 Å². The lowest BCUT2D eigenvalue weighted by atomic mass is 10.2. The summed E-state index contributed by atoms with van der Waals surface area (Å²) in [6, 6.07) is 30.6. The Bertz CT molecular complexity index is 5620. The Labute approximate surface area is 570 Å². The van der Waals surface area contributed by atoms with Crippen LogP contribution in [0.4, 0.5) is 35.0 Å². The van der Waals surface area contributed by atoms with Crippen LogP contribution in [-0.2, 0) is 13.2 Å². The number of hydrogen-bond acceptors (Lipinski definition) is 29. The molecule has 0 aliphatic rings. The highest BCUT2D eigenvalue weighted by atomic mass is 16.5. The van der Waals surface area contributed by atoms with Gasteiger partial charge in [-0.15, -0.1) is 0 Å². The number of hydrogen-bond donors (Lipinski definition) is 15. The highest BCUT2D eigenvalue weighted by molar-refractivity contribution is 6.06. The Morgan fingerprint density at radius 2 is 0.971 bits per heavy atom. The molecule has 0 saturated heterocycles. The average molecular weight is 1380 g/mol. The van der Waals surface area contributed by atoms with Gasteiger partial charge in [0.05, 0.1) is 38.0 Å². The second-order valence-corrected chi connectivity index (χ2v) is 20.6. The summed E-state index contributed by atoms with van der Waals surface area (Å²) in [6.45, 7) is 2.83.